The minimum absolute atomic E-state index is 0.276. The third-order valence-corrected chi connectivity index (χ3v) is 5.66. The van der Waals surface area contributed by atoms with Crippen molar-refractivity contribution >= 4 is 15.3 Å². The summed E-state index contributed by atoms with van der Waals surface area (Å²) < 4.78 is 16.4. The van der Waals surface area contributed by atoms with Gasteiger partial charge in [-0.3, -0.25) is 0 Å². The van der Waals surface area contributed by atoms with Gasteiger partial charge in [-0.1, -0.05) is 45.1 Å². The molecule has 0 rings (SSSR count). The number of carbonyl (C=O) groups is 1. The molecule has 0 amide bonds. The number of rotatable bonds is 15. The molecule has 0 unspecified atom stereocenters. The Bertz CT molecular complexity index is 288. The summed E-state index contributed by atoms with van der Waals surface area (Å²) in [7, 11) is -1.38. The lowest BCUT2D eigenvalue weighted by Gasteiger charge is -2.14. The second-order valence-corrected chi connectivity index (χ2v) is 7.62. The van der Waals surface area contributed by atoms with E-state index < -0.39 is 9.28 Å². The largest absolute Gasteiger partial charge is 0.462 e. The average Bonchev–Trinajstić information content (AvgIpc) is 2.49. The Morgan fingerprint density at radius 2 is 1.41 bits per heavy atom. The van der Waals surface area contributed by atoms with Gasteiger partial charge in [-0.15, -0.1) is 0 Å². The molecule has 0 fully saturated rings. The number of hydrogen-bond acceptors (Lipinski definition) is 4. The maximum absolute atomic E-state index is 11.2. The van der Waals surface area contributed by atoms with Crippen molar-refractivity contribution in [1.29, 1.82) is 0 Å². The van der Waals surface area contributed by atoms with Gasteiger partial charge in [0.1, 0.15) is 0 Å². The molecule has 0 aliphatic rings. The maximum Gasteiger partial charge on any atom is 0.333 e. The highest BCUT2D eigenvalue weighted by Crippen LogP contribution is 2.11. The van der Waals surface area contributed by atoms with E-state index in [2.05, 4.69) is 6.58 Å². The molecule has 0 aliphatic carbocycles. The molecule has 0 radical (unpaired) electrons. The Kier molecular flexibility index (Phi) is 14.8. The van der Waals surface area contributed by atoms with Gasteiger partial charge < -0.3 is 13.6 Å². The SMILES string of the molecule is C=C(C)C(=O)OCCCCCCCCC[SiH](OCC)OCC. The molecule has 0 aromatic rings. The summed E-state index contributed by atoms with van der Waals surface area (Å²) >= 11 is 0. The summed E-state index contributed by atoms with van der Waals surface area (Å²) in [6, 6.07) is 1.12. The average molecular weight is 331 g/mol. The molecule has 22 heavy (non-hydrogen) atoms. The number of unbranched alkanes of at least 4 members (excludes halogenated alkanes) is 6. The molecule has 0 aromatic heterocycles. The zero-order chi connectivity index (χ0) is 16.6. The highest BCUT2D eigenvalue weighted by Gasteiger charge is 2.10. The quantitative estimate of drug-likeness (QED) is 0.196. The molecule has 0 N–H and O–H groups in total. The second-order valence-electron chi connectivity index (χ2n) is 5.52. The Hall–Kier alpha value is -0.653. The molecule has 0 saturated carbocycles. The zero-order valence-corrected chi connectivity index (χ0v) is 15.9. The van der Waals surface area contributed by atoms with Crippen LogP contribution in [0.25, 0.3) is 0 Å². The number of hydrogen-bond donors (Lipinski definition) is 0. The fourth-order valence-corrected chi connectivity index (χ4v) is 3.97. The summed E-state index contributed by atoms with van der Waals surface area (Å²) in [5, 5.41) is 0. The van der Waals surface area contributed by atoms with Crippen LogP contribution in [0.5, 0.6) is 0 Å². The first-order valence-corrected chi connectivity index (χ1v) is 10.4. The van der Waals surface area contributed by atoms with E-state index in [0.29, 0.717) is 12.2 Å². The molecule has 0 aromatic carbocycles. The third kappa shape index (κ3) is 13.0. The van der Waals surface area contributed by atoms with E-state index in [-0.39, 0.29) is 5.97 Å². The first kappa shape index (κ1) is 21.3. The van der Waals surface area contributed by atoms with Crippen LogP contribution in [-0.4, -0.2) is 35.1 Å². The van der Waals surface area contributed by atoms with Gasteiger partial charge in [-0.05, 0) is 33.2 Å². The van der Waals surface area contributed by atoms with Crippen LogP contribution in [0.2, 0.25) is 6.04 Å². The van der Waals surface area contributed by atoms with Crippen LogP contribution in [0.1, 0.15) is 65.7 Å². The van der Waals surface area contributed by atoms with Crippen molar-refractivity contribution in [2.75, 3.05) is 19.8 Å². The topological polar surface area (TPSA) is 44.8 Å². The van der Waals surface area contributed by atoms with E-state index in [1.807, 2.05) is 13.8 Å². The molecule has 0 heterocycles. The van der Waals surface area contributed by atoms with Crippen molar-refractivity contribution in [3.8, 4) is 0 Å². The van der Waals surface area contributed by atoms with Gasteiger partial charge >= 0.3 is 15.3 Å². The van der Waals surface area contributed by atoms with Crippen LogP contribution in [0.3, 0.4) is 0 Å². The lowest BCUT2D eigenvalue weighted by atomic mass is 10.1. The molecule has 0 saturated heterocycles. The molecule has 4 nitrogen and oxygen atoms in total. The number of ether oxygens (including phenoxy) is 1. The van der Waals surface area contributed by atoms with E-state index >= 15 is 0 Å². The zero-order valence-electron chi connectivity index (χ0n) is 14.7. The Balaban J connectivity index is 3.32. The standard InChI is InChI=1S/C17H34O4Si/c1-5-20-22(21-6-2)15-13-11-9-7-8-10-12-14-19-17(18)16(3)4/h22H,3,5-15H2,1-2,4H3. The molecule has 0 spiro atoms. The monoisotopic (exact) mass is 330 g/mol. The normalized spacial score (nSPS) is 10.9. The van der Waals surface area contributed by atoms with Crippen LogP contribution >= 0.6 is 0 Å². The predicted octanol–water partition coefficient (Wildman–Crippen LogP) is 4.13. The van der Waals surface area contributed by atoms with Gasteiger partial charge in [0.2, 0.25) is 0 Å². The summed E-state index contributed by atoms with van der Waals surface area (Å²) in [6.07, 6.45) is 8.28. The molecular weight excluding hydrogens is 296 g/mol. The van der Waals surface area contributed by atoms with Gasteiger partial charge in [0.05, 0.1) is 6.61 Å². The number of esters is 1. The van der Waals surface area contributed by atoms with Crippen molar-refractivity contribution in [3.63, 3.8) is 0 Å². The van der Waals surface area contributed by atoms with Gasteiger partial charge in [0.25, 0.3) is 0 Å². The summed E-state index contributed by atoms with van der Waals surface area (Å²) in [4.78, 5) is 11.2. The maximum atomic E-state index is 11.2. The lowest BCUT2D eigenvalue weighted by Crippen LogP contribution is -2.22. The summed E-state index contributed by atoms with van der Waals surface area (Å²) in [5.41, 5.74) is 0.473. The Morgan fingerprint density at radius 1 is 0.909 bits per heavy atom. The lowest BCUT2D eigenvalue weighted by molar-refractivity contribution is -0.139. The predicted molar refractivity (Wildman–Crippen MR) is 93.3 cm³/mol. The summed E-state index contributed by atoms with van der Waals surface area (Å²) in [5.74, 6) is -0.276. The number of carbonyl (C=O) groups excluding carboxylic acids is 1. The Labute approximate surface area is 138 Å². The minimum atomic E-state index is -1.38. The van der Waals surface area contributed by atoms with E-state index in [0.717, 1.165) is 32.1 Å². The molecule has 5 heteroatoms. The van der Waals surface area contributed by atoms with Crippen molar-refractivity contribution in [1.82, 2.24) is 0 Å². The fourth-order valence-electron chi connectivity index (χ4n) is 2.17. The van der Waals surface area contributed by atoms with E-state index in [1.165, 1.54) is 32.1 Å². The van der Waals surface area contributed by atoms with E-state index in [1.54, 1.807) is 6.92 Å². The van der Waals surface area contributed by atoms with Crippen LogP contribution < -0.4 is 0 Å². The molecule has 0 aliphatic heterocycles. The van der Waals surface area contributed by atoms with Crippen molar-refractivity contribution < 1.29 is 18.4 Å². The minimum Gasteiger partial charge on any atom is -0.462 e. The molecular formula is C17H34O4Si. The third-order valence-electron chi connectivity index (χ3n) is 3.37. The highest BCUT2D eigenvalue weighted by molar-refractivity contribution is 6.44. The second kappa shape index (κ2) is 15.3. The van der Waals surface area contributed by atoms with Gasteiger partial charge in [-0.2, -0.15) is 0 Å². The van der Waals surface area contributed by atoms with Gasteiger partial charge in [0, 0.05) is 18.8 Å². The van der Waals surface area contributed by atoms with Crippen molar-refractivity contribution in [2.24, 2.45) is 0 Å². The van der Waals surface area contributed by atoms with E-state index in [4.69, 9.17) is 13.6 Å². The summed E-state index contributed by atoms with van der Waals surface area (Å²) in [6.45, 7) is 11.4. The van der Waals surface area contributed by atoms with Crippen LogP contribution in [0.4, 0.5) is 0 Å². The van der Waals surface area contributed by atoms with Crippen LogP contribution in [0, 0.1) is 0 Å². The van der Waals surface area contributed by atoms with Crippen LogP contribution in [-0.2, 0) is 18.4 Å². The Morgan fingerprint density at radius 3 is 1.91 bits per heavy atom. The van der Waals surface area contributed by atoms with Crippen molar-refractivity contribution in [3.05, 3.63) is 12.2 Å². The van der Waals surface area contributed by atoms with E-state index in [9.17, 15) is 4.79 Å². The highest BCUT2D eigenvalue weighted by atomic mass is 28.3. The van der Waals surface area contributed by atoms with Gasteiger partial charge in [0.15, 0.2) is 0 Å². The first-order chi connectivity index (χ1) is 10.6. The smallest absolute Gasteiger partial charge is 0.333 e. The molecule has 0 bridgehead atoms. The first-order valence-electron chi connectivity index (χ1n) is 8.67. The van der Waals surface area contributed by atoms with Gasteiger partial charge in [-0.25, -0.2) is 4.79 Å². The fraction of sp³-hybridized carbons (Fsp3) is 0.824. The molecule has 130 valence electrons. The molecule has 0 atom stereocenters. The van der Waals surface area contributed by atoms with Crippen LogP contribution in [0.15, 0.2) is 12.2 Å². The van der Waals surface area contributed by atoms with Crippen molar-refractivity contribution in [2.45, 2.75) is 71.8 Å².